The van der Waals surface area contributed by atoms with E-state index in [2.05, 4.69) is 4.72 Å². The Morgan fingerprint density at radius 3 is 1.56 bits per heavy atom. The molecule has 0 fully saturated rings. The van der Waals surface area contributed by atoms with E-state index >= 15 is 0 Å². The van der Waals surface area contributed by atoms with Gasteiger partial charge in [0.15, 0.2) is 0 Å². The Morgan fingerprint density at radius 2 is 1.56 bits per heavy atom. The van der Waals surface area contributed by atoms with Crippen molar-refractivity contribution >= 4 is 10.2 Å². The van der Waals surface area contributed by atoms with Gasteiger partial charge in [-0.1, -0.05) is 0 Å². The van der Waals surface area contributed by atoms with Crippen LogP contribution in [0.1, 0.15) is 0 Å². The maximum atomic E-state index is 10.9. The first kappa shape index (κ1) is 8.87. The van der Waals surface area contributed by atoms with E-state index in [0.29, 0.717) is 0 Å². The van der Waals surface area contributed by atoms with Gasteiger partial charge in [-0.05, 0) is 0 Å². The highest BCUT2D eigenvalue weighted by Crippen LogP contribution is 1.97. The molecule has 0 saturated carbocycles. The lowest BCUT2D eigenvalue weighted by molar-refractivity contribution is -0.739. The molecule has 0 bridgehead atoms. The Hall–Kier alpha value is -0.130. The second kappa shape index (κ2) is 2.24. The first-order valence-electron chi connectivity index (χ1n) is 2.56. The van der Waals surface area contributed by atoms with Gasteiger partial charge < -0.3 is 0 Å². The first-order chi connectivity index (χ1) is 3.81. The van der Waals surface area contributed by atoms with Crippen LogP contribution < -0.4 is 4.72 Å². The fourth-order valence-corrected chi connectivity index (χ4v) is 0.822. The summed E-state index contributed by atoms with van der Waals surface area (Å²) in [7, 11) is 3.02. The third kappa shape index (κ3) is 1.92. The van der Waals surface area contributed by atoms with Crippen molar-refractivity contribution in [3.05, 3.63) is 0 Å². The molecule has 56 valence electrons. The third-order valence-corrected chi connectivity index (χ3v) is 2.94. The van der Waals surface area contributed by atoms with Crippen LogP contribution in [-0.2, 0) is 10.2 Å². The summed E-state index contributed by atoms with van der Waals surface area (Å²) in [5.74, 6) is 0. The molecule has 0 rings (SSSR count). The van der Waals surface area contributed by atoms with Crippen molar-refractivity contribution in [2.75, 3.05) is 28.2 Å². The number of nitrogens with one attached hydrogen (secondary N) is 1. The topological polar surface area (TPSA) is 46.2 Å². The van der Waals surface area contributed by atoms with Crippen LogP contribution in [-0.4, -0.2) is 40.5 Å². The highest BCUT2D eigenvalue weighted by molar-refractivity contribution is 7.83. The summed E-state index contributed by atoms with van der Waals surface area (Å²) in [5.41, 5.74) is 0. The Kier molecular flexibility index (Phi) is 2.21. The highest BCUT2D eigenvalue weighted by Gasteiger charge is 2.24. The normalized spacial score (nSPS) is 13.8. The minimum Gasteiger partial charge on any atom is -0.212 e. The molecule has 0 radical (unpaired) electrons. The van der Waals surface area contributed by atoms with Gasteiger partial charge in [-0.2, -0.15) is 13.1 Å². The van der Waals surface area contributed by atoms with E-state index < -0.39 is 10.2 Å². The quantitative estimate of drug-likeness (QED) is 0.526. The van der Waals surface area contributed by atoms with Crippen molar-refractivity contribution in [2.45, 2.75) is 0 Å². The van der Waals surface area contributed by atoms with E-state index in [9.17, 15) is 8.42 Å². The predicted molar refractivity (Wildman–Crippen MR) is 36.0 cm³/mol. The molecule has 0 aliphatic carbocycles. The van der Waals surface area contributed by atoms with Crippen molar-refractivity contribution in [1.29, 1.82) is 0 Å². The van der Waals surface area contributed by atoms with Crippen LogP contribution in [0.4, 0.5) is 0 Å². The zero-order chi connectivity index (χ0) is 7.71. The molecule has 0 aromatic heterocycles. The van der Waals surface area contributed by atoms with Gasteiger partial charge in [0.1, 0.15) is 0 Å². The summed E-state index contributed by atoms with van der Waals surface area (Å²) in [5, 5.41) is 0. The number of hydrogen-bond donors (Lipinski definition) is 1. The van der Waals surface area contributed by atoms with Crippen molar-refractivity contribution < 1.29 is 12.3 Å². The molecule has 0 aromatic rings. The molecular weight excluding hydrogens is 140 g/mol. The second-order valence-electron chi connectivity index (χ2n) is 2.57. The van der Waals surface area contributed by atoms with Gasteiger partial charge in [0.2, 0.25) is 0 Å². The van der Waals surface area contributed by atoms with Crippen LogP contribution in [0, 0.1) is 0 Å². The molecular formula is C4H13N2O2S+. The van der Waals surface area contributed by atoms with E-state index in [4.69, 9.17) is 0 Å². The van der Waals surface area contributed by atoms with Crippen molar-refractivity contribution in [1.82, 2.24) is 4.72 Å². The van der Waals surface area contributed by atoms with E-state index in [-0.39, 0.29) is 3.89 Å². The first-order valence-corrected chi connectivity index (χ1v) is 4.00. The second-order valence-corrected chi connectivity index (χ2v) is 5.02. The van der Waals surface area contributed by atoms with Gasteiger partial charge in [-0.25, -0.2) is 3.89 Å². The van der Waals surface area contributed by atoms with Crippen LogP contribution in [0.15, 0.2) is 0 Å². The molecule has 0 unspecified atom stereocenters. The molecule has 0 aliphatic heterocycles. The summed E-state index contributed by atoms with van der Waals surface area (Å²) < 4.78 is 23.9. The molecule has 0 saturated heterocycles. The van der Waals surface area contributed by atoms with Gasteiger partial charge in [-0.15, -0.1) is 0 Å². The van der Waals surface area contributed by atoms with E-state index in [1.807, 2.05) is 0 Å². The Labute approximate surface area is 56.2 Å². The predicted octanol–water partition coefficient (Wildman–Crippen LogP) is -0.843. The molecule has 0 amide bonds. The zero-order valence-corrected chi connectivity index (χ0v) is 6.99. The fourth-order valence-electron chi connectivity index (χ4n) is 0.274. The summed E-state index contributed by atoms with van der Waals surface area (Å²) >= 11 is 0. The van der Waals surface area contributed by atoms with Crippen LogP contribution in [0.5, 0.6) is 0 Å². The standard InChI is InChI=1S/C4H13N2O2S/c1-5-9(7,8)6(2,3)4/h5H,1-4H3/q+1. The van der Waals surface area contributed by atoms with Crippen LogP contribution in [0.3, 0.4) is 0 Å². The molecule has 1 N–H and O–H groups in total. The van der Waals surface area contributed by atoms with Gasteiger partial charge >= 0.3 is 10.2 Å². The smallest absolute Gasteiger partial charge is 0.212 e. The lowest BCUT2D eigenvalue weighted by Gasteiger charge is -2.21. The molecule has 9 heavy (non-hydrogen) atoms. The van der Waals surface area contributed by atoms with E-state index in [1.54, 1.807) is 21.1 Å². The largest absolute Gasteiger partial charge is 0.369 e. The Morgan fingerprint density at radius 1 is 1.22 bits per heavy atom. The number of hydrogen-bond acceptors (Lipinski definition) is 2. The average molecular weight is 153 g/mol. The molecule has 4 nitrogen and oxygen atoms in total. The third-order valence-electron chi connectivity index (χ3n) is 0.979. The minimum atomic E-state index is -3.15. The minimum absolute atomic E-state index is 0.0938. The van der Waals surface area contributed by atoms with Crippen LogP contribution in [0.25, 0.3) is 0 Å². The summed E-state index contributed by atoms with van der Waals surface area (Å²) in [6, 6.07) is 0. The summed E-state index contributed by atoms with van der Waals surface area (Å²) in [6.45, 7) is 0. The van der Waals surface area contributed by atoms with Crippen molar-refractivity contribution in [2.24, 2.45) is 0 Å². The van der Waals surface area contributed by atoms with E-state index in [1.165, 1.54) is 7.05 Å². The molecule has 0 aromatic carbocycles. The zero-order valence-electron chi connectivity index (χ0n) is 6.17. The molecule has 5 heteroatoms. The van der Waals surface area contributed by atoms with Crippen molar-refractivity contribution in [3.63, 3.8) is 0 Å². The maximum Gasteiger partial charge on any atom is 0.369 e. The molecule has 0 spiro atoms. The SMILES string of the molecule is CNS(=O)(=O)[N+](C)(C)C. The van der Waals surface area contributed by atoms with Gasteiger partial charge in [-0.3, -0.25) is 0 Å². The fraction of sp³-hybridized carbons (Fsp3) is 1.00. The molecule has 0 atom stereocenters. The number of rotatable bonds is 2. The number of nitrogens with zero attached hydrogens (tertiary/aromatic N) is 1. The van der Waals surface area contributed by atoms with Gasteiger partial charge in [0, 0.05) is 7.05 Å². The molecule has 0 heterocycles. The highest BCUT2D eigenvalue weighted by atomic mass is 32.2. The molecule has 0 aliphatic rings. The summed E-state index contributed by atoms with van der Waals surface area (Å²) in [6.07, 6.45) is 0. The lowest BCUT2D eigenvalue weighted by Crippen LogP contribution is -2.47. The number of quaternary nitrogens is 1. The van der Waals surface area contributed by atoms with Crippen molar-refractivity contribution in [3.8, 4) is 0 Å². The van der Waals surface area contributed by atoms with Crippen LogP contribution >= 0.6 is 0 Å². The average Bonchev–Trinajstić information content (AvgIpc) is 1.64. The maximum absolute atomic E-state index is 10.9. The van der Waals surface area contributed by atoms with Gasteiger partial charge in [0.05, 0.1) is 21.1 Å². The van der Waals surface area contributed by atoms with E-state index in [0.717, 1.165) is 0 Å². The lowest BCUT2D eigenvalue weighted by atomic mass is 11.0. The Bertz CT molecular complexity index is 177. The monoisotopic (exact) mass is 153 g/mol. The van der Waals surface area contributed by atoms with Crippen LogP contribution in [0.2, 0.25) is 0 Å². The summed E-state index contributed by atoms with van der Waals surface area (Å²) in [4.78, 5) is 0. The van der Waals surface area contributed by atoms with Gasteiger partial charge in [0.25, 0.3) is 0 Å². The Balaban J connectivity index is 4.57.